The zero-order valence-electron chi connectivity index (χ0n) is 18.7. The van der Waals surface area contributed by atoms with Crippen molar-refractivity contribution in [3.8, 4) is 17.2 Å². The van der Waals surface area contributed by atoms with Crippen molar-refractivity contribution in [1.82, 2.24) is 4.98 Å². The van der Waals surface area contributed by atoms with Crippen LogP contribution in [-0.4, -0.2) is 43.7 Å². The lowest BCUT2D eigenvalue weighted by molar-refractivity contribution is -0.117. The molecule has 1 saturated carbocycles. The predicted molar refractivity (Wildman–Crippen MR) is 120 cm³/mol. The second-order valence-corrected chi connectivity index (χ2v) is 8.80. The van der Waals surface area contributed by atoms with Gasteiger partial charge in [-0.25, -0.2) is 4.98 Å². The highest BCUT2D eigenvalue weighted by Crippen LogP contribution is 2.34. The van der Waals surface area contributed by atoms with E-state index in [4.69, 9.17) is 14.2 Å². The topological polar surface area (TPSA) is 60.9 Å². The molecule has 0 N–H and O–H groups in total. The Morgan fingerprint density at radius 1 is 1.19 bits per heavy atom. The van der Waals surface area contributed by atoms with Crippen molar-refractivity contribution in [2.24, 2.45) is 5.92 Å². The number of ether oxygens (including phenoxy) is 3. The molecule has 1 aliphatic carbocycles. The maximum absolute atomic E-state index is 11.3. The number of ketones is 1. The van der Waals surface area contributed by atoms with Crippen LogP contribution in [-0.2, 0) is 4.79 Å². The van der Waals surface area contributed by atoms with Crippen LogP contribution in [0.2, 0.25) is 0 Å². The van der Waals surface area contributed by atoms with Crippen LogP contribution in [0.25, 0.3) is 0 Å². The summed E-state index contributed by atoms with van der Waals surface area (Å²) in [6.07, 6.45) is 5.90. The molecule has 0 bridgehead atoms. The number of pyridine rings is 1. The molecule has 1 aromatic heterocycles. The molecule has 6 nitrogen and oxygen atoms in total. The van der Waals surface area contributed by atoms with Crippen molar-refractivity contribution in [2.45, 2.75) is 51.6 Å². The van der Waals surface area contributed by atoms with Crippen LogP contribution in [0.5, 0.6) is 17.2 Å². The summed E-state index contributed by atoms with van der Waals surface area (Å²) in [7, 11) is 1.67. The van der Waals surface area contributed by atoms with Gasteiger partial charge in [0.25, 0.3) is 0 Å². The Morgan fingerprint density at radius 3 is 2.65 bits per heavy atom. The van der Waals surface area contributed by atoms with Crippen molar-refractivity contribution < 1.29 is 19.0 Å². The minimum atomic E-state index is 0.0952. The summed E-state index contributed by atoms with van der Waals surface area (Å²) in [6, 6.07) is 10.0. The van der Waals surface area contributed by atoms with Gasteiger partial charge in [0.2, 0.25) is 0 Å². The van der Waals surface area contributed by atoms with E-state index in [1.54, 1.807) is 20.2 Å². The number of anilines is 1. The van der Waals surface area contributed by atoms with Crippen LogP contribution in [0.1, 0.15) is 51.0 Å². The SMILES string of the molecule is COc1cc(OCC2CC2)cnc1N1CCC(Oc2ccc([C@H](C)CC(C)=O)cc2)C1. The molecule has 0 amide bonds. The molecule has 1 saturated heterocycles. The van der Waals surface area contributed by atoms with Gasteiger partial charge in [-0.2, -0.15) is 0 Å². The van der Waals surface area contributed by atoms with Crippen molar-refractivity contribution in [3.05, 3.63) is 42.1 Å². The molecule has 0 radical (unpaired) electrons. The summed E-state index contributed by atoms with van der Waals surface area (Å²) < 4.78 is 17.6. The normalized spacial score (nSPS) is 19.2. The smallest absolute Gasteiger partial charge is 0.171 e. The zero-order chi connectivity index (χ0) is 21.8. The van der Waals surface area contributed by atoms with Crippen molar-refractivity contribution >= 4 is 11.6 Å². The maximum Gasteiger partial charge on any atom is 0.171 e. The van der Waals surface area contributed by atoms with E-state index < -0.39 is 0 Å². The lowest BCUT2D eigenvalue weighted by atomic mass is 9.96. The number of benzene rings is 1. The van der Waals surface area contributed by atoms with E-state index in [9.17, 15) is 4.79 Å². The van der Waals surface area contributed by atoms with Gasteiger partial charge < -0.3 is 23.9 Å². The zero-order valence-corrected chi connectivity index (χ0v) is 18.7. The van der Waals surface area contributed by atoms with E-state index in [0.717, 1.165) is 54.7 Å². The third-order valence-electron chi connectivity index (χ3n) is 6.00. The molecule has 2 aromatic rings. The first-order valence-electron chi connectivity index (χ1n) is 11.2. The van der Waals surface area contributed by atoms with Crippen LogP contribution in [0, 0.1) is 5.92 Å². The van der Waals surface area contributed by atoms with Gasteiger partial charge >= 0.3 is 0 Å². The molecule has 166 valence electrons. The maximum atomic E-state index is 11.3. The largest absolute Gasteiger partial charge is 0.493 e. The number of methoxy groups -OCH3 is 1. The highest BCUT2D eigenvalue weighted by Gasteiger charge is 2.28. The van der Waals surface area contributed by atoms with Crippen molar-refractivity contribution in [2.75, 3.05) is 31.7 Å². The first-order chi connectivity index (χ1) is 15.0. The highest BCUT2D eigenvalue weighted by atomic mass is 16.5. The summed E-state index contributed by atoms with van der Waals surface area (Å²) in [5.41, 5.74) is 1.16. The molecule has 0 spiro atoms. The molecule has 1 unspecified atom stereocenters. The van der Waals surface area contributed by atoms with Crippen LogP contribution >= 0.6 is 0 Å². The fraction of sp³-hybridized carbons (Fsp3) is 0.520. The molecule has 31 heavy (non-hydrogen) atoms. The van der Waals surface area contributed by atoms with Gasteiger partial charge in [-0.15, -0.1) is 0 Å². The molecule has 4 rings (SSSR count). The summed E-state index contributed by atoms with van der Waals surface area (Å²) in [6.45, 7) is 6.10. The third kappa shape index (κ3) is 5.69. The molecule has 2 heterocycles. The number of hydrogen-bond acceptors (Lipinski definition) is 6. The Hall–Kier alpha value is -2.76. The Morgan fingerprint density at radius 2 is 1.97 bits per heavy atom. The number of aromatic nitrogens is 1. The molecule has 1 aromatic carbocycles. The second kappa shape index (κ2) is 9.58. The average Bonchev–Trinajstić information content (AvgIpc) is 3.49. The number of carbonyl (C=O) groups is 1. The fourth-order valence-corrected chi connectivity index (χ4v) is 4.02. The Labute approximate surface area is 184 Å². The lowest BCUT2D eigenvalue weighted by Gasteiger charge is -2.21. The quantitative estimate of drug-likeness (QED) is 0.555. The first-order valence-corrected chi connectivity index (χ1v) is 11.2. The first kappa shape index (κ1) is 21.5. The van der Waals surface area contributed by atoms with Crippen molar-refractivity contribution in [3.63, 3.8) is 0 Å². The Bertz CT molecular complexity index is 895. The molecular weight excluding hydrogens is 392 g/mol. The van der Waals surface area contributed by atoms with Gasteiger partial charge in [-0.3, -0.25) is 0 Å². The van der Waals surface area contributed by atoms with Crippen LogP contribution < -0.4 is 19.1 Å². The van der Waals surface area contributed by atoms with E-state index in [-0.39, 0.29) is 17.8 Å². The number of hydrogen-bond donors (Lipinski definition) is 0. The Balaban J connectivity index is 1.34. The number of nitrogens with zero attached hydrogens (tertiary/aromatic N) is 2. The van der Waals surface area contributed by atoms with Gasteiger partial charge in [0, 0.05) is 25.5 Å². The summed E-state index contributed by atoms with van der Waals surface area (Å²) >= 11 is 0. The summed E-state index contributed by atoms with van der Waals surface area (Å²) in [5.74, 6) is 4.33. The summed E-state index contributed by atoms with van der Waals surface area (Å²) in [4.78, 5) is 18.2. The second-order valence-electron chi connectivity index (χ2n) is 8.80. The predicted octanol–water partition coefficient (Wildman–Crippen LogP) is 4.62. The van der Waals surface area contributed by atoms with E-state index in [2.05, 4.69) is 28.9 Å². The van der Waals surface area contributed by atoms with Gasteiger partial charge in [0.05, 0.1) is 26.5 Å². The van der Waals surface area contributed by atoms with Crippen LogP contribution in [0.4, 0.5) is 5.82 Å². The monoisotopic (exact) mass is 424 g/mol. The molecule has 6 heteroatoms. The van der Waals surface area contributed by atoms with E-state index in [1.165, 1.54) is 12.8 Å². The fourth-order valence-electron chi connectivity index (χ4n) is 4.02. The van der Waals surface area contributed by atoms with E-state index >= 15 is 0 Å². The Kier molecular flexibility index (Phi) is 6.64. The molecule has 2 fully saturated rings. The van der Waals surface area contributed by atoms with Crippen LogP contribution in [0.3, 0.4) is 0 Å². The van der Waals surface area contributed by atoms with Gasteiger partial charge in [-0.1, -0.05) is 19.1 Å². The minimum absolute atomic E-state index is 0.0952. The van der Waals surface area contributed by atoms with Crippen LogP contribution in [0.15, 0.2) is 36.5 Å². The average molecular weight is 425 g/mol. The minimum Gasteiger partial charge on any atom is -0.493 e. The molecule has 2 aliphatic rings. The van der Waals surface area contributed by atoms with Gasteiger partial charge in [-0.05, 0) is 49.3 Å². The van der Waals surface area contributed by atoms with Gasteiger partial charge in [0.15, 0.2) is 11.6 Å². The molecular formula is C25H32N2O4. The number of carbonyl (C=O) groups excluding carboxylic acids is 1. The van der Waals surface area contributed by atoms with E-state index in [1.807, 2.05) is 18.2 Å². The lowest BCUT2D eigenvalue weighted by Crippen LogP contribution is -2.25. The van der Waals surface area contributed by atoms with E-state index in [0.29, 0.717) is 12.3 Å². The van der Waals surface area contributed by atoms with Crippen molar-refractivity contribution in [1.29, 1.82) is 0 Å². The number of Topliss-reactive ketones (excluding diaryl/α,β-unsaturated/α-hetero) is 1. The standard InChI is InChI=1S/C25H32N2O4/c1-17(12-18(2)28)20-6-8-21(9-7-20)31-22-10-11-27(15-22)25-24(29-3)13-23(14-26-25)30-16-19-4-5-19/h6-9,13-14,17,19,22H,4-5,10-12,15-16H2,1-3H3/t17-,22?/m1/s1. The number of rotatable bonds is 10. The van der Waals surface area contributed by atoms with Gasteiger partial charge in [0.1, 0.15) is 23.4 Å². The third-order valence-corrected chi connectivity index (χ3v) is 6.00. The molecule has 2 atom stereocenters. The highest BCUT2D eigenvalue weighted by molar-refractivity contribution is 5.76. The summed E-state index contributed by atoms with van der Waals surface area (Å²) in [5, 5.41) is 0. The molecule has 1 aliphatic heterocycles.